The van der Waals surface area contributed by atoms with E-state index in [4.69, 9.17) is 11.1 Å². The maximum atomic E-state index is 13.8. The summed E-state index contributed by atoms with van der Waals surface area (Å²) in [5.41, 5.74) is 6.52. The Labute approximate surface area is 107 Å². The second kappa shape index (κ2) is 4.96. The normalized spacial score (nSPS) is 19.6. The van der Waals surface area contributed by atoms with Gasteiger partial charge in [0.15, 0.2) is 0 Å². The van der Waals surface area contributed by atoms with Gasteiger partial charge in [-0.05, 0) is 30.9 Å². The van der Waals surface area contributed by atoms with Gasteiger partial charge in [0, 0.05) is 12.6 Å². The van der Waals surface area contributed by atoms with E-state index in [2.05, 4.69) is 18.7 Å². The van der Waals surface area contributed by atoms with Gasteiger partial charge in [-0.15, -0.1) is 0 Å². The number of hydrogen-bond acceptors (Lipinski definition) is 2. The Morgan fingerprint density at radius 1 is 1.50 bits per heavy atom. The van der Waals surface area contributed by atoms with Crippen LogP contribution < -0.4 is 10.6 Å². The van der Waals surface area contributed by atoms with Crippen LogP contribution in [0.2, 0.25) is 0 Å². The zero-order valence-corrected chi connectivity index (χ0v) is 10.9. The molecular weight excluding hydrogens is 229 g/mol. The molecule has 98 valence electrons. The third kappa shape index (κ3) is 2.19. The van der Waals surface area contributed by atoms with E-state index in [-0.39, 0.29) is 11.4 Å². The number of amidine groups is 1. The lowest BCUT2D eigenvalue weighted by molar-refractivity contribution is 0.491. The SMILES string of the molecule is CC(C)C1CCCN1c1cccc(F)c1C(=N)N. The van der Waals surface area contributed by atoms with Crippen molar-refractivity contribution < 1.29 is 4.39 Å². The number of nitrogens with one attached hydrogen (secondary N) is 1. The number of benzene rings is 1. The van der Waals surface area contributed by atoms with E-state index in [9.17, 15) is 4.39 Å². The minimum atomic E-state index is -0.408. The molecule has 0 amide bonds. The van der Waals surface area contributed by atoms with Gasteiger partial charge < -0.3 is 10.6 Å². The van der Waals surface area contributed by atoms with Crippen LogP contribution in [0.3, 0.4) is 0 Å². The Balaban J connectivity index is 2.44. The van der Waals surface area contributed by atoms with Gasteiger partial charge in [-0.2, -0.15) is 0 Å². The van der Waals surface area contributed by atoms with E-state index in [1.807, 2.05) is 6.07 Å². The molecule has 0 radical (unpaired) electrons. The number of rotatable bonds is 3. The quantitative estimate of drug-likeness (QED) is 0.639. The van der Waals surface area contributed by atoms with Gasteiger partial charge in [-0.1, -0.05) is 19.9 Å². The van der Waals surface area contributed by atoms with Crippen LogP contribution in [0, 0.1) is 17.1 Å². The number of nitrogens with zero attached hydrogens (tertiary/aromatic N) is 1. The van der Waals surface area contributed by atoms with Crippen LogP contribution in [0.25, 0.3) is 0 Å². The standard InChI is InChI=1S/C14H20FN3/c1-9(2)11-7-4-8-18(11)12-6-3-5-10(15)13(12)14(16)17/h3,5-6,9,11H,4,7-8H2,1-2H3,(H3,16,17). The summed E-state index contributed by atoms with van der Waals surface area (Å²) in [6.45, 7) is 5.26. The van der Waals surface area contributed by atoms with Crippen molar-refractivity contribution in [2.24, 2.45) is 11.7 Å². The molecule has 18 heavy (non-hydrogen) atoms. The molecule has 0 aromatic heterocycles. The number of nitrogens with two attached hydrogens (primary N) is 1. The summed E-state index contributed by atoms with van der Waals surface area (Å²) in [5, 5.41) is 7.57. The third-order valence-corrected chi connectivity index (χ3v) is 3.64. The van der Waals surface area contributed by atoms with Gasteiger partial charge in [-0.3, -0.25) is 5.41 Å². The van der Waals surface area contributed by atoms with E-state index in [1.54, 1.807) is 6.07 Å². The topological polar surface area (TPSA) is 53.1 Å². The van der Waals surface area contributed by atoms with Crippen LogP contribution in [0.5, 0.6) is 0 Å². The monoisotopic (exact) mass is 249 g/mol. The summed E-state index contributed by atoms with van der Waals surface area (Å²) in [7, 11) is 0. The zero-order valence-electron chi connectivity index (χ0n) is 10.9. The summed E-state index contributed by atoms with van der Waals surface area (Å²) < 4.78 is 13.8. The van der Waals surface area contributed by atoms with E-state index < -0.39 is 5.82 Å². The Hall–Kier alpha value is -1.58. The number of anilines is 1. The molecule has 1 fully saturated rings. The van der Waals surface area contributed by atoms with Crippen LogP contribution in [-0.4, -0.2) is 18.4 Å². The molecule has 1 aliphatic rings. The van der Waals surface area contributed by atoms with Crippen molar-refractivity contribution in [2.75, 3.05) is 11.4 Å². The van der Waals surface area contributed by atoms with Crippen molar-refractivity contribution >= 4 is 11.5 Å². The highest BCUT2D eigenvalue weighted by molar-refractivity contribution is 6.00. The first-order chi connectivity index (χ1) is 8.52. The highest BCUT2D eigenvalue weighted by Gasteiger charge is 2.29. The second-order valence-electron chi connectivity index (χ2n) is 5.19. The molecule has 1 saturated heterocycles. The van der Waals surface area contributed by atoms with Crippen LogP contribution in [0.15, 0.2) is 18.2 Å². The molecule has 1 aromatic carbocycles. The van der Waals surface area contributed by atoms with E-state index in [0.717, 1.165) is 25.1 Å². The maximum Gasteiger partial charge on any atom is 0.136 e. The first-order valence-electron chi connectivity index (χ1n) is 6.42. The molecule has 0 aliphatic carbocycles. The lowest BCUT2D eigenvalue weighted by Gasteiger charge is -2.31. The average molecular weight is 249 g/mol. The smallest absolute Gasteiger partial charge is 0.136 e. The fraction of sp³-hybridized carbons (Fsp3) is 0.500. The highest BCUT2D eigenvalue weighted by atomic mass is 19.1. The first kappa shape index (κ1) is 12.9. The van der Waals surface area contributed by atoms with Gasteiger partial charge in [0.05, 0.1) is 11.3 Å². The Bertz CT molecular complexity index is 456. The van der Waals surface area contributed by atoms with Gasteiger partial charge in [-0.25, -0.2) is 4.39 Å². The van der Waals surface area contributed by atoms with Gasteiger partial charge >= 0.3 is 0 Å². The molecule has 1 aliphatic heterocycles. The molecule has 4 heteroatoms. The summed E-state index contributed by atoms with van der Waals surface area (Å²) in [6, 6.07) is 5.32. The number of nitrogen functional groups attached to an aromatic ring is 1. The van der Waals surface area contributed by atoms with Crippen molar-refractivity contribution in [1.82, 2.24) is 0 Å². The molecule has 0 spiro atoms. The lowest BCUT2D eigenvalue weighted by atomic mass is 10.0. The molecule has 3 nitrogen and oxygen atoms in total. The average Bonchev–Trinajstić information content (AvgIpc) is 2.76. The Morgan fingerprint density at radius 2 is 2.22 bits per heavy atom. The Kier molecular flexibility index (Phi) is 3.55. The zero-order chi connectivity index (χ0) is 13.3. The number of halogens is 1. The molecule has 2 rings (SSSR count). The number of hydrogen-bond donors (Lipinski definition) is 2. The second-order valence-corrected chi connectivity index (χ2v) is 5.19. The van der Waals surface area contributed by atoms with E-state index in [0.29, 0.717) is 12.0 Å². The molecule has 0 bridgehead atoms. The molecule has 1 unspecified atom stereocenters. The largest absolute Gasteiger partial charge is 0.384 e. The third-order valence-electron chi connectivity index (χ3n) is 3.64. The van der Waals surface area contributed by atoms with Gasteiger partial charge in [0.2, 0.25) is 0 Å². The van der Waals surface area contributed by atoms with Crippen LogP contribution >= 0.6 is 0 Å². The summed E-state index contributed by atoms with van der Waals surface area (Å²) in [5.74, 6) is -0.0949. The van der Waals surface area contributed by atoms with Crippen molar-refractivity contribution in [1.29, 1.82) is 5.41 Å². The van der Waals surface area contributed by atoms with E-state index >= 15 is 0 Å². The molecule has 1 heterocycles. The summed E-state index contributed by atoms with van der Waals surface area (Å²) in [6.07, 6.45) is 2.22. The van der Waals surface area contributed by atoms with Gasteiger partial charge in [0.1, 0.15) is 11.7 Å². The lowest BCUT2D eigenvalue weighted by Crippen LogP contribution is -2.35. The molecular formula is C14H20FN3. The van der Waals surface area contributed by atoms with Crippen molar-refractivity contribution in [3.8, 4) is 0 Å². The van der Waals surface area contributed by atoms with Crippen molar-refractivity contribution in [2.45, 2.75) is 32.7 Å². The molecule has 1 atom stereocenters. The first-order valence-corrected chi connectivity index (χ1v) is 6.42. The van der Waals surface area contributed by atoms with Crippen LogP contribution in [0.4, 0.5) is 10.1 Å². The van der Waals surface area contributed by atoms with Gasteiger partial charge in [0.25, 0.3) is 0 Å². The summed E-state index contributed by atoms with van der Waals surface area (Å²) in [4.78, 5) is 2.20. The Morgan fingerprint density at radius 3 is 2.83 bits per heavy atom. The fourth-order valence-corrected chi connectivity index (χ4v) is 2.80. The molecule has 1 aromatic rings. The minimum absolute atomic E-state index is 0.197. The van der Waals surface area contributed by atoms with Crippen molar-refractivity contribution in [3.63, 3.8) is 0 Å². The highest BCUT2D eigenvalue weighted by Crippen LogP contribution is 2.32. The predicted molar refractivity (Wildman–Crippen MR) is 72.6 cm³/mol. The fourth-order valence-electron chi connectivity index (χ4n) is 2.80. The van der Waals surface area contributed by atoms with Crippen molar-refractivity contribution in [3.05, 3.63) is 29.6 Å². The molecule has 0 saturated carbocycles. The minimum Gasteiger partial charge on any atom is -0.384 e. The van der Waals surface area contributed by atoms with E-state index in [1.165, 1.54) is 6.07 Å². The maximum absolute atomic E-state index is 13.8. The molecule has 3 N–H and O–H groups in total. The predicted octanol–water partition coefficient (Wildman–Crippen LogP) is 2.73. The van der Waals surface area contributed by atoms with Crippen LogP contribution in [-0.2, 0) is 0 Å². The summed E-state index contributed by atoms with van der Waals surface area (Å²) >= 11 is 0. The van der Waals surface area contributed by atoms with Crippen LogP contribution in [0.1, 0.15) is 32.3 Å².